The van der Waals surface area contributed by atoms with Crippen molar-refractivity contribution in [2.45, 2.75) is 25.3 Å². The molecule has 1 unspecified atom stereocenters. The second-order valence-electron chi connectivity index (χ2n) is 4.09. The first-order valence-corrected chi connectivity index (χ1v) is 6.25. The lowest BCUT2D eigenvalue weighted by Gasteiger charge is -2.12. The van der Waals surface area contributed by atoms with Crippen molar-refractivity contribution in [3.8, 4) is 5.75 Å². The number of rotatable bonds is 3. The monoisotopic (exact) mass is 287 g/mol. The molecule has 2 nitrogen and oxygen atoms in total. The number of hydrogen-bond acceptors (Lipinski definition) is 2. The molecule has 1 aromatic carbocycles. The Labute approximate surface area is 103 Å². The van der Waals surface area contributed by atoms with E-state index in [-0.39, 0.29) is 5.82 Å². The van der Waals surface area contributed by atoms with Crippen molar-refractivity contribution >= 4 is 15.9 Å². The van der Waals surface area contributed by atoms with Crippen LogP contribution in [0.15, 0.2) is 16.6 Å². The van der Waals surface area contributed by atoms with Crippen molar-refractivity contribution in [2.75, 3.05) is 13.7 Å². The van der Waals surface area contributed by atoms with Gasteiger partial charge >= 0.3 is 0 Å². The van der Waals surface area contributed by atoms with E-state index >= 15 is 0 Å². The summed E-state index contributed by atoms with van der Waals surface area (Å²) in [5.74, 6) is 0.306. The molecule has 0 radical (unpaired) electrons. The molecular formula is C12H15BrFNO. The van der Waals surface area contributed by atoms with E-state index in [0.29, 0.717) is 16.3 Å². The first kappa shape index (κ1) is 11.9. The van der Waals surface area contributed by atoms with Gasteiger partial charge < -0.3 is 10.1 Å². The largest absolute Gasteiger partial charge is 0.495 e. The van der Waals surface area contributed by atoms with E-state index in [4.69, 9.17) is 4.74 Å². The summed E-state index contributed by atoms with van der Waals surface area (Å²) in [6.45, 7) is 1.07. The molecule has 1 aromatic rings. The topological polar surface area (TPSA) is 21.3 Å². The van der Waals surface area contributed by atoms with Crippen LogP contribution >= 0.6 is 15.9 Å². The lowest BCUT2D eigenvalue weighted by Crippen LogP contribution is -2.23. The van der Waals surface area contributed by atoms with Gasteiger partial charge in [0.05, 0.1) is 11.6 Å². The van der Waals surface area contributed by atoms with Gasteiger partial charge in [-0.25, -0.2) is 4.39 Å². The number of hydrogen-bond donors (Lipinski definition) is 1. The van der Waals surface area contributed by atoms with E-state index < -0.39 is 0 Å². The van der Waals surface area contributed by atoms with Crippen LogP contribution in [0.25, 0.3) is 0 Å². The van der Waals surface area contributed by atoms with Crippen molar-refractivity contribution < 1.29 is 9.13 Å². The Bertz CT molecular complexity index is 378. The quantitative estimate of drug-likeness (QED) is 0.923. The lowest BCUT2D eigenvalue weighted by molar-refractivity contribution is 0.406. The maximum absolute atomic E-state index is 13.6. The van der Waals surface area contributed by atoms with E-state index in [9.17, 15) is 4.39 Å². The summed E-state index contributed by atoms with van der Waals surface area (Å²) in [4.78, 5) is 0. The highest BCUT2D eigenvalue weighted by molar-refractivity contribution is 9.10. The summed E-state index contributed by atoms with van der Waals surface area (Å²) >= 11 is 3.17. The number of benzene rings is 1. The minimum Gasteiger partial charge on any atom is -0.495 e. The van der Waals surface area contributed by atoms with Crippen molar-refractivity contribution in [3.05, 3.63) is 28.0 Å². The normalized spacial score (nSPS) is 20.1. The molecule has 16 heavy (non-hydrogen) atoms. The summed E-state index contributed by atoms with van der Waals surface area (Å²) < 4.78 is 19.1. The zero-order chi connectivity index (χ0) is 11.5. The molecule has 0 aromatic heterocycles. The third-order valence-electron chi connectivity index (χ3n) is 2.92. The molecule has 4 heteroatoms. The van der Waals surface area contributed by atoms with Crippen LogP contribution in [0, 0.1) is 5.82 Å². The molecule has 0 saturated carbocycles. The predicted octanol–water partition coefficient (Wildman–Crippen LogP) is 2.89. The zero-order valence-corrected chi connectivity index (χ0v) is 10.8. The van der Waals surface area contributed by atoms with Crippen LogP contribution in [0.5, 0.6) is 5.75 Å². The molecule has 0 spiro atoms. The van der Waals surface area contributed by atoms with E-state index in [1.807, 2.05) is 6.07 Å². The summed E-state index contributed by atoms with van der Waals surface area (Å²) in [6, 6.07) is 3.95. The zero-order valence-electron chi connectivity index (χ0n) is 9.22. The fourth-order valence-electron chi connectivity index (χ4n) is 2.10. The molecule has 1 aliphatic heterocycles. The van der Waals surface area contributed by atoms with Gasteiger partial charge in [-0.15, -0.1) is 0 Å². The van der Waals surface area contributed by atoms with E-state index in [1.54, 1.807) is 13.2 Å². The summed E-state index contributed by atoms with van der Waals surface area (Å²) in [5.41, 5.74) is 0.983. The minimum atomic E-state index is -0.257. The Morgan fingerprint density at radius 1 is 1.56 bits per heavy atom. The van der Waals surface area contributed by atoms with E-state index in [2.05, 4.69) is 21.2 Å². The van der Waals surface area contributed by atoms with Crippen LogP contribution < -0.4 is 10.1 Å². The van der Waals surface area contributed by atoms with Crippen molar-refractivity contribution in [3.63, 3.8) is 0 Å². The van der Waals surface area contributed by atoms with Crippen LogP contribution in [0.1, 0.15) is 18.4 Å². The van der Waals surface area contributed by atoms with Gasteiger partial charge in [-0.1, -0.05) is 0 Å². The second-order valence-corrected chi connectivity index (χ2v) is 4.88. The molecule has 1 N–H and O–H groups in total. The molecular weight excluding hydrogens is 273 g/mol. The van der Waals surface area contributed by atoms with Crippen molar-refractivity contribution in [1.29, 1.82) is 0 Å². The molecule has 0 aliphatic carbocycles. The summed E-state index contributed by atoms with van der Waals surface area (Å²) in [7, 11) is 1.55. The van der Waals surface area contributed by atoms with Gasteiger partial charge in [-0.2, -0.15) is 0 Å². The first-order valence-electron chi connectivity index (χ1n) is 5.46. The van der Waals surface area contributed by atoms with Gasteiger partial charge in [0.15, 0.2) is 0 Å². The first-order chi connectivity index (χ1) is 7.70. The van der Waals surface area contributed by atoms with Crippen LogP contribution in [-0.2, 0) is 6.42 Å². The second kappa shape index (κ2) is 5.15. The SMILES string of the molecule is COc1cc(CC2CCCN2)cc(F)c1Br. The Kier molecular flexibility index (Phi) is 3.82. The van der Waals surface area contributed by atoms with Gasteiger partial charge in [-0.3, -0.25) is 0 Å². The Hall–Kier alpha value is -0.610. The highest BCUT2D eigenvalue weighted by Gasteiger charge is 2.16. The standard InChI is InChI=1S/C12H15BrFNO/c1-16-11-7-8(6-10(14)12(11)13)5-9-3-2-4-15-9/h6-7,9,15H,2-5H2,1H3. The smallest absolute Gasteiger partial charge is 0.141 e. The molecule has 0 amide bonds. The summed E-state index contributed by atoms with van der Waals surface area (Å²) in [6.07, 6.45) is 3.24. The molecule has 88 valence electrons. The number of methoxy groups -OCH3 is 1. The number of halogens is 2. The maximum atomic E-state index is 13.6. The van der Waals surface area contributed by atoms with Gasteiger partial charge in [0.2, 0.25) is 0 Å². The van der Waals surface area contributed by atoms with Crippen LogP contribution in [-0.4, -0.2) is 19.7 Å². The fourth-order valence-corrected chi connectivity index (χ4v) is 2.49. The third kappa shape index (κ3) is 2.55. The minimum absolute atomic E-state index is 0.257. The van der Waals surface area contributed by atoms with Crippen LogP contribution in [0.2, 0.25) is 0 Å². The Morgan fingerprint density at radius 2 is 2.38 bits per heavy atom. The highest BCUT2D eigenvalue weighted by atomic mass is 79.9. The van der Waals surface area contributed by atoms with Crippen LogP contribution in [0.3, 0.4) is 0 Å². The Morgan fingerprint density at radius 3 is 3.00 bits per heavy atom. The molecule has 2 rings (SSSR count). The van der Waals surface area contributed by atoms with Gasteiger partial charge in [0.1, 0.15) is 11.6 Å². The summed E-state index contributed by atoms with van der Waals surface area (Å²) in [5, 5.41) is 3.40. The fraction of sp³-hybridized carbons (Fsp3) is 0.500. The molecule has 1 atom stereocenters. The van der Waals surface area contributed by atoms with Crippen molar-refractivity contribution in [2.24, 2.45) is 0 Å². The average molecular weight is 288 g/mol. The van der Waals surface area contributed by atoms with Crippen molar-refractivity contribution in [1.82, 2.24) is 5.32 Å². The number of nitrogens with one attached hydrogen (secondary N) is 1. The van der Waals surface area contributed by atoms with E-state index in [1.165, 1.54) is 12.8 Å². The molecule has 1 fully saturated rings. The molecule has 1 heterocycles. The van der Waals surface area contributed by atoms with Crippen LogP contribution in [0.4, 0.5) is 4.39 Å². The third-order valence-corrected chi connectivity index (χ3v) is 3.69. The number of ether oxygens (including phenoxy) is 1. The molecule has 0 bridgehead atoms. The lowest BCUT2D eigenvalue weighted by atomic mass is 10.0. The average Bonchev–Trinajstić information content (AvgIpc) is 2.76. The van der Waals surface area contributed by atoms with E-state index in [0.717, 1.165) is 18.5 Å². The Balaban J connectivity index is 2.17. The highest BCUT2D eigenvalue weighted by Crippen LogP contribution is 2.29. The van der Waals surface area contributed by atoms with Gasteiger partial charge in [0, 0.05) is 6.04 Å². The maximum Gasteiger partial charge on any atom is 0.141 e. The molecule has 1 saturated heterocycles. The van der Waals surface area contributed by atoms with Gasteiger partial charge in [-0.05, 0) is 59.4 Å². The molecule has 1 aliphatic rings. The van der Waals surface area contributed by atoms with Gasteiger partial charge in [0.25, 0.3) is 0 Å². The predicted molar refractivity (Wildman–Crippen MR) is 65.4 cm³/mol.